The van der Waals surface area contributed by atoms with E-state index in [9.17, 15) is 0 Å². The first kappa shape index (κ1) is 15.1. The molecule has 1 aromatic heterocycles. The molecule has 0 aliphatic rings. The van der Waals surface area contributed by atoms with Gasteiger partial charge in [0.05, 0.1) is 11.7 Å². The van der Waals surface area contributed by atoms with Crippen molar-refractivity contribution >= 4 is 11.6 Å². The van der Waals surface area contributed by atoms with E-state index in [0.29, 0.717) is 0 Å². The lowest BCUT2D eigenvalue weighted by Crippen LogP contribution is -2.25. The Labute approximate surface area is 126 Å². The number of aromatic nitrogens is 2. The maximum Gasteiger partial charge on any atom is 0.0556 e. The molecular weight excluding hydrogens is 270 g/mol. The first-order valence-electron chi connectivity index (χ1n) is 7.24. The summed E-state index contributed by atoms with van der Waals surface area (Å²) in [6.45, 7) is 6.21. The van der Waals surface area contributed by atoms with E-state index < -0.39 is 0 Å². The predicted octanol–water partition coefficient (Wildman–Crippen LogP) is 3.84. The quantitative estimate of drug-likeness (QED) is 0.840. The van der Waals surface area contributed by atoms with Crippen molar-refractivity contribution in [2.45, 2.75) is 39.3 Å². The molecule has 1 N–H and O–H groups in total. The Morgan fingerprint density at radius 2 is 1.95 bits per heavy atom. The number of hydrogen-bond acceptors (Lipinski definition) is 2. The first-order chi connectivity index (χ1) is 9.74. The maximum atomic E-state index is 5.95. The molecule has 20 heavy (non-hydrogen) atoms. The minimum absolute atomic E-state index is 0.287. The Hall–Kier alpha value is -1.32. The van der Waals surface area contributed by atoms with Gasteiger partial charge in [-0.3, -0.25) is 4.68 Å². The summed E-state index contributed by atoms with van der Waals surface area (Å²) in [5.41, 5.74) is 2.54. The summed E-state index contributed by atoms with van der Waals surface area (Å²) in [6, 6.07) is 10.5. The molecule has 1 aromatic carbocycles. The Bertz CT molecular complexity index is 519. The lowest BCUT2D eigenvalue weighted by Gasteiger charge is -2.19. The van der Waals surface area contributed by atoms with Gasteiger partial charge in [-0.15, -0.1) is 0 Å². The Kier molecular flexibility index (Phi) is 5.62. The molecule has 0 radical (unpaired) electrons. The van der Waals surface area contributed by atoms with Gasteiger partial charge >= 0.3 is 0 Å². The number of benzene rings is 1. The zero-order chi connectivity index (χ0) is 14.4. The van der Waals surface area contributed by atoms with E-state index in [1.807, 2.05) is 18.3 Å². The van der Waals surface area contributed by atoms with Gasteiger partial charge in [-0.2, -0.15) is 5.10 Å². The van der Waals surface area contributed by atoms with Crippen LogP contribution in [0, 0.1) is 0 Å². The van der Waals surface area contributed by atoms with E-state index in [-0.39, 0.29) is 6.04 Å². The van der Waals surface area contributed by atoms with E-state index in [4.69, 9.17) is 11.6 Å². The number of hydrogen-bond donors (Lipinski definition) is 1. The molecule has 0 spiro atoms. The molecule has 3 nitrogen and oxygen atoms in total. The summed E-state index contributed by atoms with van der Waals surface area (Å²) < 4.78 is 2.10. The Balaban J connectivity index is 2.17. The van der Waals surface area contributed by atoms with Crippen molar-refractivity contribution in [1.82, 2.24) is 15.1 Å². The largest absolute Gasteiger partial charge is 0.309 e. The van der Waals surface area contributed by atoms with Crippen LogP contribution < -0.4 is 5.32 Å². The summed E-state index contributed by atoms with van der Waals surface area (Å²) in [4.78, 5) is 0. The third-order valence-corrected chi connectivity index (χ3v) is 3.60. The standard InChI is InChI=1S/C16H22ClN3/c1-3-11-20-16(9-10-19-20)15(18-4-2)12-13-5-7-14(17)8-6-13/h5-10,15,18H,3-4,11-12H2,1-2H3. The molecule has 0 aliphatic heterocycles. The van der Waals surface area contributed by atoms with Crippen molar-refractivity contribution in [3.05, 3.63) is 52.8 Å². The maximum absolute atomic E-state index is 5.95. The van der Waals surface area contributed by atoms with Crippen LogP contribution in [0.25, 0.3) is 0 Å². The summed E-state index contributed by atoms with van der Waals surface area (Å²) in [6.07, 6.45) is 3.92. The molecule has 1 heterocycles. The van der Waals surface area contributed by atoms with Crippen molar-refractivity contribution in [2.24, 2.45) is 0 Å². The monoisotopic (exact) mass is 291 g/mol. The van der Waals surface area contributed by atoms with Gasteiger partial charge in [0.25, 0.3) is 0 Å². The Morgan fingerprint density at radius 3 is 2.60 bits per heavy atom. The second kappa shape index (κ2) is 7.46. The fraction of sp³-hybridized carbons (Fsp3) is 0.438. The average Bonchev–Trinajstić information content (AvgIpc) is 2.89. The van der Waals surface area contributed by atoms with Gasteiger partial charge in [-0.1, -0.05) is 37.6 Å². The molecule has 1 unspecified atom stereocenters. The van der Waals surface area contributed by atoms with Gasteiger partial charge in [0, 0.05) is 17.8 Å². The molecule has 108 valence electrons. The average molecular weight is 292 g/mol. The number of nitrogens with one attached hydrogen (secondary N) is 1. The minimum Gasteiger partial charge on any atom is -0.309 e. The summed E-state index contributed by atoms with van der Waals surface area (Å²) >= 11 is 5.95. The predicted molar refractivity (Wildman–Crippen MR) is 84.1 cm³/mol. The van der Waals surface area contributed by atoms with Crippen LogP contribution in [-0.2, 0) is 13.0 Å². The molecule has 2 rings (SSSR count). The molecule has 0 saturated heterocycles. The normalized spacial score (nSPS) is 12.6. The number of aryl methyl sites for hydroxylation is 1. The van der Waals surface area contributed by atoms with Crippen molar-refractivity contribution < 1.29 is 0 Å². The molecule has 4 heteroatoms. The SMILES string of the molecule is CCCn1nccc1C(Cc1ccc(Cl)cc1)NCC. The zero-order valence-electron chi connectivity index (χ0n) is 12.1. The highest BCUT2D eigenvalue weighted by Crippen LogP contribution is 2.20. The van der Waals surface area contributed by atoms with Crippen LogP contribution in [0.15, 0.2) is 36.5 Å². The second-order valence-corrected chi connectivity index (χ2v) is 5.36. The van der Waals surface area contributed by atoms with Crippen LogP contribution >= 0.6 is 11.6 Å². The van der Waals surface area contributed by atoms with Crippen LogP contribution in [0.3, 0.4) is 0 Å². The molecule has 0 bridgehead atoms. The first-order valence-corrected chi connectivity index (χ1v) is 7.62. The van der Waals surface area contributed by atoms with Crippen molar-refractivity contribution in [3.8, 4) is 0 Å². The number of likely N-dealkylation sites (N-methyl/N-ethyl adjacent to an activating group) is 1. The summed E-state index contributed by atoms with van der Waals surface area (Å²) in [5, 5.41) is 8.76. The smallest absolute Gasteiger partial charge is 0.0556 e. The van der Waals surface area contributed by atoms with E-state index in [2.05, 4.69) is 47.1 Å². The third-order valence-electron chi connectivity index (χ3n) is 3.35. The van der Waals surface area contributed by atoms with Crippen molar-refractivity contribution in [3.63, 3.8) is 0 Å². The van der Waals surface area contributed by atoms with Gasteiger partial charge in [-0.05, 0) is 43.1 Å². The van der Waals surface area contributed by atoms with E-state index >= 15 is 0 Å². The topological polar surface area (TPSA) is 29.9 Å². The molecule has 0 fully saturated rings. The van der Waals surface area contributed by atoms with E-state index in [1.165, 1.54) is 11.3 Å². The van der Waals surface area contributed by atoms with Crippen LogP contribution in [0.1, 0.15) is 37.6 Å². The van der Waals surface area contributed by atoms with E-state index in [1.54, 1.807) is 0 Å². The fourth-order valence-corrected chi connectivity index (χ4v) is 2.55. The minimum atomic E-state index is 0.287. The van der Waals surface area contributed by atoms with Gasteiger partial charge in [0.2, 0.25) is 0 Å². The lowest BCUT2D eigenvalue weighted by molar-refractivity contribution is 0.478. The highest BCUT2D eigenvalue weighted by atomic mass is 35.5. The van der Waals surface area contributed by atoms with Crippen LogP contribution in [0.5, 0.6) is 0 Å². The molecule has 0 saturated carbocycles. The highest BCUT2D eigenvalue weighted by molar-refractivity contribution is 6.30. The van der Waals surface area contributed by atoms with Gasteiger partial charge in [0.1, 0.15) is 0 Å². The Morgan fingerprint density at radius 1 is 1.20 bits per heavy atom. The number of rotatable bonds is 7. The summed E-state index contributed by atoms with van der Waals surface area (Å²) in [7, 11) is 0. The molecule has 1 atom stereocenters. The molecule has 0 aliphatic carbocycles. The second-order valence-electron chi connectivity index (χ2n) is 4.92. The van der Waals surface area contributed by atoms with Crippen LogP contribution in [0.2, 0.25) is 5.02 Å². The zero-order valence-corrected chi connectivity index (χ0v) is 12.9. The lowest BCUT2D eigenvalue weighted by atomic mass is 10.0. The molecule has 2 aromatic rings. The van der Waals surface area contributed by atoms with Crippen LogP contribution in [-0.4, -0.2) is 16.3 Å². The molecule has 0 amide bonds. The van der Waals surface area contributed by atoms with Gasteiger partial charge in [0.15, 0.2) is 0 Å². The van der Waals surface area contributed by atoms with Gasteiger partial charge < -0.3 is 5.32 Å². The molecular formula is C16H22ClN3. The number of nitrogens with zero attached hydrogens (tertiary/aromatic N) is 2. The third kappa shape index (κ3) is 3.84. The van der Waals surface area contributed by atoms with Gasteiger partial charge in [-0.25, -0.2) is 0 Å². The van der Waals surface area contributed by atoms with E-state index in [0.717, 1.165) is 31.0 Å². The summed E-state index contributed by atoms with van der Waals surface area (Å²) in [5.74, 6) is 0. The fourth-order valence-electron chi connectivity index (χ4n) is 2.42. The van der Waals surface area contributed by atoms with Crippen molar-refractivity contribution in [1.29, 1.82) is 0 Å². The highest BCUT2D eigenvalue weighted by Gasteiger charge is 2.15. The van der Waals surface area contributed by atoms with Crippen molar-refractivity contribution in [2.75, 3.05) is 6.54 Å². The van der Waals surface area contributed by atoms with Crippen LogP contribution in [0.4, 0.5) is 0 Å². The number of halogens is 1.